The summed E-state index contributed by atoms with van der Waals surface area (Å²) in [4.78, 5) is 12.1. The lowest BCUT2D eigenvalue weighted by Gasteiger charge is -2.43. The number of Topliss-reactive ketones (excluding diaryl/α,β-unsaturated/α-hetero) is 1. The second-order valence-corrected chi connectivity index (χ2v) is 5.53. The molecule has 1 heterocycles. The molecule has 0 amide bonds. The molecular formula is C14H25NO2. The van der Waals surface area contributed by atoms with Crippen LogP contribution < -0.4 is 5.32 Å². The average Bonchev–Trinajstić information content (AvgIpc) is 2.37. The van der Waals surface area contributed by atoms with Crippen LogP contribution in [0.1, 0.15) is 51.9 Å². The maximum Gasteiger partial charge on any atom is 0.149 e. The number of rotatable bonds is 4. The second kappa shape index (κ2) is 5.96. The van der Waals surface area contributed by atoms with E-state index in [1.54, 1.807) is 0 Å². The Bertz CT molecular complexity index is 253. The van der Waals surface area contributed by atoms with Gasteiger partial charge in [0.1, 0.15) is 5.78 Å². The number of carbonyl (C=O) groups is 1. The summed E-state index contributed by atoms with van der Waals surface area (Å²) in [6.07, 6.45) is 8.10. The molecule has 0 aromatic rings. The molecule has 0 radical (unpaired) electrons. The van der Waals surface area contributed by atoms with Gasteiger partial charge in [-0.2, -0.15) is 0 Å². The Hall–Kier alpha value is -0.410. The van der Waals surface area contributed by atoms with Crippen molar-refractivity contribution in [1.82, 2.24) is 5.32 Å². The molecule has 1 spiro atoms. The van der Waals surface area contributed by atoms with Crippen molar-refractivity contribution in [3.63, 3.8) is 0 Å². The first kappa shape index (κ1) is 13.0. The summed E-state index contributed by atoms with van der Waals surface area (Å²) in [6, 6.07) is 0. The summed E-state index contributed by atoms with van der Waals surface area (Å²) in [5, 5.41) is 3.15. The Kier molecular flexibility index (Phi) is 4.57. The van der Waals surface area contributed by atoms with Crippen molar-refractivity contribution < 1.29 is 9.53 Å². The van der Waals surface area contributed by atoms with Crippen molar-refractivity contribution in [2.45, 2.75) is 57.5 Å². The number of carbonyl (C=O) groups excluding carboxylic acids is 1. The molecule has 1 aliphatic heterocycles. The van der Waals surface area contributed by atoms with E-state index in [2.05, 4.69) is 5.32 Å². The van der Waals surface area contributed by atoms with Crippen LogP contribution in [-0.2, 0) is 9.53 Å². The molecule has 1 unspecified atom stereocenters. The van der Waals surface area contributed by atoms with Gasteiger partial charge in [0, 0.05) is 12.5 Å². The Labute approximate surface area is 104 Å². The van der Waals surface area contributed by atoms with E-state index in [0.717, 1.165) is 38.8 Å². The highest BCUT2D eigenvalue weighted by Gasteiger charge is 2.40. The number of ether oxygens (including phenoxy) is 1. The van der Waals surface area contributed by atoms with Gasteiger partial charge in [0.15, 0.2) is 0 Å². The molecule has 3 nitrogen and oxygen atoms in total. The zero-order chi connectivity index (χ0) is 12.1. The molecular weight excluding hydrogens is 214 g/mol. The van der Waals surface area contributed by atoms with Crippen LogP contribution in [0.4, 0.5) is 0 Å². The largest absolute Gasteiger partial charge is 0.375 e. The standard InChI is InChI=1S/C14H25NO2/c1-2-15-11-13(16)12-6-9-17-14(10-12)7-4-3-5-8-14/h12,15H,2-11H2,1H3. The average molecular weight is 239 g/mol. The zero-order valence-corrected chi connectivity index (χ0v) is 11.0. The number of hydrogen-bond acceptors (Lipinski definition) is 3. The maximum atomic E-state index is 12.1. The third-order valence-corrected chi connectivity index (χ3v) is 4.26. The number of hydrogen-bond donors (Lipinski definition) is 1. The molecule has 1 atom stereocenters. The first-order chi connectivity index (χ1) is 8.26. The van der Waals surface area contributed by atoms with Crippen molar-refractivity contribution in [2.24, 2.45) is 5.92 Å². The van der Waals surface area contributed by atoms with Crippen molar-refractivity contribution >= 4 is 5.78 Å². The predicted octanol–water partition coefficient (Wildman–Crippen LogP) is 2.29. The summed E-state index contributed by atoms with van der Waals surface area (Å²) in [5.41, 5.74) is 0.0586. The highest BCUT2D eigenvalue weighted by Crippen LogP contribution is 2.40. The summed E-state index contributed by atoms with van der Waals surface area (Å²) in [7, 11) is 0. The molecule has 0 bridgehead atoms. The molecule has 2 rings (SSSR count). The molecule has 0 aromatic carbocycles. The summed E-state index contributed by atoms with van der Waals surface area (Å²) < 4.78 is 6.02. The Morgan fingerprint density at radius 1 is 1.35 bits per heavy atom. The molecule has 2 aliphatic rings. The molecule has 2 fully saturated rings. The third kappa shape index (κ3) is 3.29. The van der Waals surface area contributed by atoms with E-state index in [9.17, 15) is 4.79 Å². The van der Waals surface area contributed by atoms with Crippen molar-refractivity contribution in [3.8, 4) is 0 Å². The van der Waals surface area contributed by atoms with Gasteiger partial charge in [0.25, 0.3) is 0 Å². The van der Waals surface area contributed by atoms with Gasteiger partial charge in [-0.1, -0.05) is 26.2 Å². The van der Waals surface area contributed by atoms with Crippen LogP contribution >= 0.6 is 0 Å². The van der Waals surface area contributed by atoms with E-state index in [4.69, 9.17) is 4.74 Å². The molecule has 1 N–H and O–H groups in total. The van der Waals surface area contributed by atoms with Gasteiger partial charge < -0.3 is 10.1 Å². The van der Waals surface area contributed by atoms with E-state index in [-0.39, 0.29) is 11.5 Å². The van der Waals surface area contributed by atoms with E-state index in [1.165, 1.54) is 19.3 Å². The Morgan fingerprint density at radius 2 is 2.12 bits per heavy atom. The van der Waals surface area contributed by atoms with Gasteiger partial charge in [-0.15, -0.1) is 0 Å². The van der Waals surface area contributed by atoms with Gasteiger partial charge in [-0.05, 0) is 32.2 Å². The van der Waals surface area contributed by atoms with Crippen molar-refractivity contribution in [3.05, 3.63) is 0 Å². The van der Waals surface area contributed by atoms with Crippen LogP contribution in [0.5, 0.6) is 0 Å². The number of nitrogens with one attached hydrogen (secondary N) is 1. The monoisotopic (exact) mass is 239 g/mol. The zero-order valence-electron chi connectivity index (χ0n) is 11.0. The summed E-state index contributed by atoms with van der Waals surface area (Å²) in [5.74, 6) is 0.626. The fraction of sp³-hybridized carbons (Fsp3) is 0.929. The SMILES string of the molecule is CCNCC(=O)C1CCOC2(CCCCC2)C1. The van der Waals surface area contributed by atoms with Crippen molar-refractivity contribution in [1.29, 1.82) is 0 Å². The van der Waals surface area contributed by atoms with Crippen LogP contribution in [0.15, 0.2) is 0 Å². The minimum Gasteiger partial charge on any atom is -0.375 e. The molecule has 1 saturated heterocycles. The topological polar surface area (TPSA) is 38.3 Å². The van der Waals surface area contributed by atoms with Gasteiger partial charge >= 0.3 is 0 Å². The molecule has 1 saturated carbocycles. The van der Waals surface area contributed by atoms with E-state index >= 15 is 0 Å². The fourth-order valence-corrected chi connectivity index (χ4v) is 3.24. The Morgan fingerprint density at radius 3 is 2.82 bits per heavy atom. The lowest BCUT2D eigenvalue weighted by atomic mass is 9.75. The molecule has 98 valence electrons. The first-order valence-corrected chi connectivity index (χ1v) is 7.13. The van der Waals surface area contributed by atoms with E-state index in [0.29, 0.717) is 12.3 Å². The normalized spacial score (nSPS) is 28.2. The lowest BCUT2D eigenvalue weighted by molar-refractivity contribution is -0.142. The van der Waals surface area contributed by atoms with Crippen LogP contribution in [0, 0.1) is 5.92 Å². The van der Waals surface area contributed by atoms with Crippen LogP contribution in [-0.4, -0.2) is 31.1 Å². The van der Waals surface area contributed by atoms with E-state index in [1.807, 2.05) is 6.92 Å². The predicted molar refractivity (Wildman–Crippen MR) is 68.0 cm³/mol. The molecule has 3 heteroatoms. The summed E-state index contributed by atoms with van der Waals surface area (Å²) in [6.45, 7) is 4.24. The van der Waals surface area contributed by atoms with Gasteiger partial charge in [0.05, 0.1) is 12.1 Å². The highest BCUT2D eigenvalue weighted by atomic mass is 16.5. The third-order valence-electron chi connectivity index (χ3n) is 4.26. The second-order valence-electron chi connectivity index (χ2n) is 5.53. The smallest absolute Gasteiger partial charge is 0.149 e. The van der Waals surface area contributed by atoms with Crippen molar-refractivity contribution in [2.75, 3.05) is 19.7 Å². The van der Waals surface area contributed by atoms with Crippen LogP contribution in [0.3, 0.4) is 0 Å². The van der Waals surface area contributed by atoms with E-state index < -0.39 is 0 Å². The number of likely N-dealkylation sites (N-methyl/N-ethyl adjacent to an activating group) is 1. The first-order valence-electron chi connectivity index (χ1n) is 7.13. The minimum absolute atomic E-state index is 0.0586. The van der Waals surface area contributed by atoms with Gasteiger partial charge in [-0.3, -0.25) is 4.79 Å². The van der Waals surface area contributed by atoms with Crippen LogP contribution in [0.2, 0.25) is 0 Å². The van der Waals surface area contributed by atoms with Gasteiger partial charge in [-0.25, -0.2) is 0 Å². The van der Waals surface area contributed by atoms with Gasteiger partial charge in [0.2, 0.25) is 0 Å². The fourth-order valence-electron chi connectivity index (χ4n) is 3.24. The lowest BCUT2D eigenvalue weighted by Crippen LogP contribution is -2.44. The number of ketones is 1. The molecule has 17 heavy (non-hydrogen) atoms. The Balaban J connectivity index is 1.89. The quantitative estimate of drug-likeness (QED) is 0.818. The summed E-state index contributed by atoms with van der Waals surface area (Å²) >= 11 is 0. The van der Waals surface area contributed by atoms with Crippen LogP contribution in [0.25, 0.3) is 0 Å². The minimum atomic E-state index is 0.0586. The molecule has 1 aliphatic carbocycles. The highest BCUT2D eigenvalue weighted by molar-refractivity contribution is 5.83. The maximum absolute atomic E-state index is 12.1. The molecule has 0 aromatic heterocycles.